The Balaban J connectivity index is 2.36. The first-order valence-electron chi connectivity index (χ1n) is 6.28. The molecule has 0 aromatic heterocycles. The van der Waals surface area contributed by atoms with Gasteiger partial charge in [-0.3, -0.25) is 0 Å². The molecule has 90 valence electrons. The van der Waals surface area contributed by atoms with Crippen LogP contribution >= 0.6 is 0 Å². The minimum absolute atomic E-state index is 0.0957. The van der Waals surface area contributed by atoms with E-state index in [2.05, 4.69) is 29.6 Å². The summed E-state index contributed by atoms with van der Waals surface area (Å²) in [6, 6.07) is 9.17. The van der Waals surface area contributed by atoms with E-state index in [1.165, 1.54) is 36.0 Å². The minimum Gasteiger partial charge on any atom is -0.312 e. The minimum atomic E-state index is -0.387. The van der Waals surface area contributed by atoms with Crippen molar-refractivity contribution in [3.05, 3.63) is 34.9 Å². The molecule has 2 nitrogen and oxygen atoms in total. The van der Waals surface area contributed by atoms with Gasteiger partial charge in [0.15, 0.2) is 0 Å². The molecule has 2 rings (SSSR count). The van der Waals surface area contributed by atoms with Gasteiger partial charge in [0, 0.05) is 0 Å². The lowest BCUT2D eigenvalue weighted by Crippen LogP contribution is -2.30. The number of aryl methyl sites for hydroxylation is 2. The molecule has 0 saturated heterocycles. The quantitative estimate of drug-likeness (QED) is 0.863. The van der Waals surface area contributed by atoms with Crippen LogP contribution in [0.5, 0.6) is 0 Å². The Kier molecular flexibility index (Phi) is 3.22. The van der Waals surface area contributed by atoms with Crippen molar-refractivity contribution in [3.63, 3.8) is 0 Å². The smallest absolute Gasteiger partial charge is 0.0712 e. The van der Waals surface area contributed by atoms with Crippen molar-refractivity contribution < 1.29 is 0 Å². The molecule has 0 aliphatic heterocycles. The Labute approximate surface area is 104 Å². The van der Waals surface area contributed by atoms with Crippen LogP contribution in [0.4, 0.5) is 0 Å². The summed E-state index contributed by atoms with van der Waals surface area (Å²) >= 11 is 0. The maximum absolute atomic E-state index is 9.26. The largest absolute Gasteiger partial charge is 0.312 e. The first kappa shape index (κ1) is 12.1. The predicted octanol–water partition coefficient (Wildman–Crippen LogP) is 2.99. The van der Waals surface area contributed by atoms with Gasteiger partial charge in [0.2, 0.25) is 0 Å². The fourth-order valence-corrected chi connectivity index (χ4v) is 2.78. The molecule has 0 spiro atoms. The monoisotopic (exact) mass is 228 g/mol. The fraction of sp³-hybridized carbons (Fsp3) is 0.533. The zero-order valence-corrected chi connectivity index (χ0v) is 10.9. The average Bonchev–Trinajstić information content (AvgIpc) is 2.77. The average molecular weight is 228 g/mol. The molecule has 0 bridgehead atoms. The number of rotatable bonds is 3. The van der Waals surface area contributed by atoms with E-state index in [4.69, 9.17) is 0 Å². The van der Waals surface area contributed by atoms with E-state index in [0.717, 1.165) is 0 Å². The molecule has 1 aromatic rings. The van der Waals surface area contributed by atoms with E-state index in [0.29, 0.717) is 0 Å². The molecule has 17 heavy (non-hydrogen) atoms. The summed E-state index contributed by atoms with van der Waals surface area (Å²) in [7, 11) is 1.93. The van der Waals surface area contributed by atoms with Crippen molar-refractivity contribution in [2.75, 3.05) is 7.05 Å². The number of benzene rings is 1. The normalized spacial score (nSPS) is 16.4. The first-order valence-corrected chi connectivity index (χ1v) is 6.28. The second kappa shape index (κ2) is 4.50. The molecule has 1 unspecified atom stereocenters. The van der Waals surface area contributed by atoms with Crippen molar-refractivity contribution in [2.24, 2.45) is 5.41 Å². The Morgan fingerprint density at radius 3 is 2.65 bits per heavy atom. The maximum atomic E-state index is 9.26. The van der Waals surface area contributed by atoms with Gasteiger partial charge in [0.25, 0.3) is 0 Å². The molecule has 1 N–H and O–H groups in total. The van der Waals surface area contributed by atoms with Gasteiger partial charge in [0.05, 0.1) is 17.5 Å². The predicted molar refractivity (Wildman–Crippen MR) is 69.7 cm³/mol. The Hall–Kier alpha value is -1.33. The van der Waals surface area contributed by atoms with Gasteiger partial charge in [-0.15, -0.1) is 0 Å². The van der Waals surface area contributed by atoms with Crippen molar-refractivity contribution in [3.8, 4) is 6.07 Å². The van der Waals surface area contributed by atoms with E-state index in [1.807, 2.05) is 20.9 Å². The Bertz CT molecular complexity index is 454. The SMILES string of the molecule is CNC(c1ccc2c(c1)CCC2)C(C)(C)C#N. The van der Waals surface area contributed by atoms with Gasteiger partial charge in [-0.1, -0.05) is 18.2 Å². The molecule has 0 radical (unpaired) electrons. The summed E-state index contributed by atoms with van der Waals surface area (Å²) in [5.41, 5.74) is 3.80. The zero-order valence-electron chi connectivity index (χ0n) is 10.9. The topological polar surface area (TPSA) is 35.8 Å². The summed E-state index contributed by atoms with van der Waals surface area (Å²) in [5.74, 6) is 0. The van der Waals surface area contributed by atoms with Gasteiger partial charge in [0.1, 0.15) is 0 Å². The van der Waals surface area contributed by atoms with Crippen LogP contribution in [0.25, 0.3) is 0 Å². The number of hydrogen-bond donors (Lipinski definition) is 1. The third-order valence-corrected chi connectivity index (χ3v) is 3.75. The highest BCUT2D eigenvalue weighted by Crippen LogP contribution is 2.34. The maximum Gasteiger partial charge on any atom is 0.0712 e. The van der Waals surface area contributed by atoms with Crippen LogP contribution < -0.4 is 5.32 Å². The van der Waals surface area contributed by atoms with Gasteiger partial charge in [-0.25, -0.2) is 0 Å². The summed E-state index contributed by atoms with van der Waals surface area (Å²) < 4.78 is 0. The van der Waals surface area contributed by atoms with Crippen LogP contribution in [0.1, 0.15) is 43.0 Å². The number of nitrogens with zero attached hydrogens (tertiary/aromatic N) is 1. The van der Waals surface area contributed by atoms with E-state index < -0.39 is 0 Å². The Morgan fingerprint density at radius 2 is 2.00 bits per heavy atom. The summed E-state index contributed by atoms with van der Waals surface area (Å²) in [6.07, 6.45) is 3.67. The third kappa shape index (κ3) is 2.21. The lowest BCUT2D eigenvalue weighted by atomic mass is 9.81. The first-order chi connectivity index (χ1) is 8.08. The van der Waals surface area contributed by atoms with E-state index >= 15 is 0 Å². The van der Waals surface area contributed by atoms with Gasteiger partial charge >= 0.3 is 0 Å². The zero-order chi connectivity index (χ0) is 12.5. The van der Waals surface area contributed by atoms with Crippen LogP contribution in [0.15, 0.2) is 18.2 Å². The van der Waals surface area contributed by atoms with Crippen LogP contribution in [-0.2, 0) is 12.8 Å². The second-order valence-corrected chi connectivity index (χ2v) is 5.44. The lowest BCUT2D eigenvalue weighted by Gasteiger charge is -2.28. The molecule has 1 aliphatic carbocycles. The van der Waals surface area contributed by atoms with Crippen LogP contribution in [0.3, 0.4) is 0 Å². The highest BCUT2D eigenvalue weighted by Gasteiger charge is 2.30. The van der Waals surface area contributed by atoms with Crippen molar-refractivity contribution in [1.29, 1.82) is 5.26 Å². The van der Waals surface area contributed by atoms with Crippen LogP contribution in [-0.4, -0.2) is 7.05 Å². The molecule has 0 amide bonds. The fourth-order valence-electron chi connectivity index (χ4n) is 2.78. The van der Waals surface area contributed by atoms with Gasteiger partial charge in [-0.2, -0.15) is 5.26 Å². The molecular weight excluding hydrogens is 208 g/mol. The van der Waals surface area contributed by atoms with Crippen LogP contribution in [0.2, 0.25) is 0 Å². The van der Waals surface area contributed by atoms with Crippen molar-refractivity contribution in [2.45, 2.75) is 39.2 Å². The summed E-state index contributed by atoms with van der Waals surface area (Å²) in [6.45, 7) is 3.97. The number of fused-ring (bicyclic) bond motifs is 1. The number of nitrogens with one attached hydrogen (secondary N) is 1. The molecule has 0 heterocycles. The van der Waals surface area contributed by atoms with Crippen molar-refractivity contribution >= 4 is 0 Å². The number of nitriles is 1. The van der Waals surface area contributed by atoms with E-state index in [-0.39, 0.29) is 11.5 Å². The molecule has 1 aromatic carbocycles. The molecule has 1 aliphatic rings. The number of hydrogen-bond acceptors (Lipinski definition) is 2. The van der Waals surface area contributed by atoms with Crippen molar-refractivity contribution in [1.82, 2.24) is 5.32 Å². The lowest BCUT2D eigenvalue weighted by molar-refractivity contribution is 0.344. The summed E-state index contributed by atoms with van der Waals surface area (Å²) in [4.78, 5) is 0. The Morgan fingerprint density at radius 1 is 1.29 bits per heavy atom. The highest BCUT2D eigenvalue weighted by atomic mass is 14.9. The summed E-state index contributed by atoms with van der Waals surface area (Å²) in [5, 5.41) is 12.5. The molecule has 0 fully saturated rings. The third-order valence-electron chi connectivity index (χ3n) is 3.75. The van der Waals surface area contributed by atoms with E-state index in [9.17, 15) is 5.26 Å². The molecule has 0 saturated carbocycles. The van der Waals surface area contributed by atoms with Gasteiger partial charge < -0.3 is 5.32 Å². The highest BCUT2D eigenvalue weighted by molar-refractivity contribution is 5.37. The molecule has 1 atom stereocenters. The van der Waals surface area contributed by atoms with Crippen LogP contribution in [0, 0.1) is 16.7 Å². The van der Waals surface area contributed by atoms with Gasteiger partial charge in [-0.05, 0) is 56.8 Å². The van der Waals surface area contributed by atoms with E-state index in [1.54, 1.807) is 0 Å². The molecule has 2 heteroatoms. The standard InChI is InChI=1S/C15H20N2/c1-15(2,10-16)14(17-3)13-8-7-11-5-4-6-12(11)9-13/h7-9,14,17H,4-6H2,1-3H3. The molecular formula is C15H20N2. The second-order valence-electron chi connectivity index (χ2n) is 5.44.